The van der Waals surface area contributed by atoms with E-state index in [9.17, 15) is 4.79 Å². The molecular formula is C10H7Cl2N3O. The average molecular weight is 256 g/mol. The molecule has 0 aromatic carbocycles. The van der Waals surface area contributed by atoms with Crippen LogP contribution in [0.4, 0.5) is 0 Å². The van der Waals surface area contributed by atoms with Gasteiger partial charge in [0.2, 0.25) is 0 Å². The van der Waals surface area contributed by atoms with Gasteiger partial charge in [0.15, 0.2) is 0 Å². The van der Waals surface area contributed by atoms with Gasteiger partial charge in [0.25, 0.3) is 5.91 Å². The second-order valence-electron chi connectivity index (χ2n) is 3.03. The highest BCUT2D eigenvalue weighted by molar-refractivity contribution is 6.33. The molecule has 0 atom stereocenters. The van der Waals surface area contributed by atoms with Gasteiger partial charge in [0.05, 0.1) is 0 Å². The fourth-order valence-corrected chi connectivity index (χ4v) is 1.65. The van der Waals surface area contributed by atoms with Crippen molar-refractivity contribution in [2.45, 2.75) is 0 Å². The highest BCUT2D eigenvalue weighted by Gasteiger charge is 2.08. The van der Waals surface area contributed by atoms with E-state index in [2.05, 4.69) is 10.4 Å². The largest absolute Gasteiger partial charge is 0.270 e. The van der Waals surface area contributed by atoms with Gasteiger partial charge in [-0.15, -0.1) is 0 Å². The van der Waals surface area contributed by atoms with Crippen LogP contribution in [0.5, 0.6) is 0 Å². The van der Waals surface area contributed by atoms with E-state index in [4.69, 9.17) is 23.2 Å². The number of halogens is 2. The molecule has 0 aliphatic rings. The summed E-state index contributed by atoms with van der Waals surface area (Å²) in [6.45, 7) is 0. The minimum absolute atomic E-state index is 0.185. The lowest BCUT2D eigenvalue weighted by Gasteiger charge is -2.06. The van der Waals surface area contributed by atoms with E-state index in [0.717, 1.165) is 0 Å². The summed E-state index contributed by atoms with van der Waals surface area (Å²) < 4.78 is 1.53. The van der Waals surface area contributed by atoms with Gasteiger partial charge in [-0.2, -0.15) is 0 Å². The summed E-state index contributed by atoms with van der Waals surface area (Å²) in [6, 6.07) is 6.50. The maximum atomic E-state index is 11.7. The molecule has 0 aliphatic carbocycles. The number of nitrogens with one attached hydrogen (secondary N) is 1. The Bertz CT molecular complexity index is 491. The van der Waals surface area contributed by atoms with E-state index < -0.39 is 0 Å². The first-order valence-corrected chi connectivity index (χ1v) is 5.18. The zero-order valence-electron chi connectivity index (χ0n) is 8.02. The van der Waals surface area contributed by atoms with Crippen LogP contribution in [0.2, 0.25) is 10.3 Å². The Morgan fingerprint density at radius 1 is 1.19 bits per heavy atom. The predicted octanol–water partition coefficient (Wildman–Crippen LogP) is 2.57. The maximum absolute atomic E-state index is 11.7. The molecule has 0 spiro atoms. The summed E-state index contributed by atoms with van der Waals surface area (Å²) in [7, 11) is 0. The highest BCUT2D eigenvalue weighted by Crippen LogP contribution is 2.14. The van der Waals surface area contributed by atoms with Crippen LogP contribution in [0.3, 0.4) is 0 Å². The standard InChI is InChI=1S/C10H7Cl2N3O/c11-8-5-7(6-9(12)13-8)10(16)14-15-3-1-2-4-15/h1-6H,(H,14,16). The average Bonchev–Trinajstić information content (AvgIpc) is 2.68. The van der Waals surface area contributed by atoms with Crippen molar-refractivity contribution in [3.63, 3.8) is 0 Å². The Morgan fingerprint density at radius 3 is 2.31 bits per heavy atom. The summed E-state index contributed by atoms with van der Waals surface area (Å²) >= 11 is 11.4. The quantitative estimate of drug-likeness (QED) is 0.839. The summed E-state index contributed by atoms with van der Waals surface area (Å²) in [5.74, 6) is -0.303. The fraction of sp³-hybridized carbons (Fsp3) is 0. The molecule has 16 heavy (non-hydrogen) atoms. The van der Waals surface area contributed by atoms with Gasteiger partial charge in [0.1, 0.15) is 10.3 Å². The zero-order valence-corrected chi connectivity index (χ0v) is 9.53. The molecule has 4 nitrogen and oxygen atoms in total. The Balaban J connectivity index is 2.21. The minimum Gasteiger partial charge on any atom is -0.268 e. The van der Waals surface area contributed by atoms with Gasteiger partial charge in [-0.25, -0.2) is 4.98 Å². The van der Waals surface area contributed by atoms with E-state index in [1.54, 1.807) is 24.5 Å². The van der Waals surface area contributed by atoms with Crippen LogP contribution in [-0.2, 0) is 0 Å². The number of rotatable bonds is 2. The molecule has 82 valence electrons. The Morgan fingerprint density at radius 2 is 1.75 bits per heavy atom. The van der Waals surface area contributed by atoms with Crippen LogP contribution in [0.15, 0.2) is 36.7 Å². The smallest absolute Gasteiger partial charge is 0.268 e. The van der Waals surface area contributed by atoms with Crippen LogP contribution in [-0.4, -0.2) is 15.6 Å². The van der Waals surface area contributed by atoms with Crippen LogP contribution in [0, 0.1) is 0 Å². The van der Waals surface area contributed by atoms with Crippen molar-refractivity contribution >= 4 is 29.1 Å². The summed E-state index contributed by atoms with van der Waals surface area (Å²) in [6.07, 6.45) is 3.42. The normalized spacial score (nSPS) is 10.1. The lowest BCUT2D eigenvalue weighted by Crippen LogP contribution is -2.21. The topological polar surface area (TPSA) is 46.9 Å². The van der Waals surface area contributed by atoms with E-state index in [0.29, 0.717) is 5.56 Å². The van der Waals surface area contributed by atoms with Crippen molar-refractivity contribution in [3.8, 4) is 0 Å². The molecule has 0 unspecified atom stereocenters. The summed E-state index contributed by atoms with van der Waals surface area (Å²) in [5, 5.41) is 0.371. The van der Waals surface area contributed by atoms with Crippen molar-refractivity contribution in [2.75, 3.05) is 5.43 Å². The predicted molar refractivity (Wildman–Crippen MR) is 62.4 cm³/mol. The zero-order chi connectivity index (χ0) is 11.5. The number of pyridine rings is 1. The molecular weight excluding hydrogens is 249 g/mol. The first kappa shape index (κ1) is 11.0. The third-order valence-electron chi connectivity index (χ3n) is 1.86. The Labute approximate surface area is 102 Å². The second kappa shape index (κ2) is 4.55. The first-order valence-electron chi connectivity index (χ1n) is 4.42. The lowest BCUT2D eigenvalue weighted by molar-refractivity contribution is 0.101. The number of hydrogen-bond acceptors (Lipinski definition) is 2. The van der Waals surface area contributed by atoms with E-state index in [-0.39, 0.29) is 16.2 Å². The molecule has 2 heterocycles. The molecule has 0 saturated carbocycles. The SMILES string of the molecule is O=C(Nn1cccc1)c1cc(Cl)nc(Cl)c1. The molecule has 1 amide bonds. The molecule has 1 N–H and O–H groups in total. The van der Waals surface area contributed by atoms with Crippen molar-refractivity contribution in [3.05, 3.63) is 52.5 Å². The molecule has 0 saturated heterocycles. The van der Waals surface area contributed by atoms with Crippen molar-refractivity contribution in [2.24, 2.45) is 0 Å². The number of aromatic nitrogens is 2. The summed E-state index contributed by atoms with van der Waals surface area (Å²) in [5.41, 5.74) is 2.99. The van der Waals surface area contributed by atoms with Crippen molar-refractivity contribution in [1.82, 2.24) is 9.66 Å². The summed E-state index contributed by atoms with van der Waals surface area (Å²) in [4.78, 5) is 15.5. The Hall–Kier alpha value is -1.52. The molecule has 6 heteroatoms. The number of amides is 1. The number of carbonyl (C=O) groups is 1. The van der Waals surface area contributed by atoms with Crippen molar-refractivity contribution in [1.29, 1.82) is 0 Å². The molecule has 0 radical (unpaired) electrons. The fourth-order valence-electron chi connectivity index (χ4n) is 1.19. The highest BCUT2D eigenvalue weighted by atomic mass is 35.5. The first-order chi connectivity index (χ1) is 7.65. The monoisotopic (exact) mass is 255 g/mol. The van der Waals surface area contributed by atoms with Crippen LogP contribution < -0.4 is 5.43 Å². The van der Waals surface area contributed by atoms with Gasteiger partial charge < -0.3 is 0 Å². The van der Waals surface area contributed by atoms with Crippen LogP contribution in [0.25, 0.3) is 0 Å². The van der Waals surface area contributed by atoms with Gasteiger partial charge in [-0.3, -0.25) is 14.9 Å². The van der Waals surface area contributed by atoms with Gasteiger partial charge in [-0.05, 0) is 24.3 Å². The Kier molecular flexibility index (Phi) is 3.12. The molecule has 2 aromatic rings. The van der Waals surface area contributed by atoms with Crippen LogP contribution >= 0.6 is 23.2 Å². The van der Waals surface area contributed by atoms with Gasteiger partial charge >= 0.3 is 0 Å². The maximum Gasteiger partial charge on any atom is 0.270 e. The number of nitrogens with zero attached hydrogens (tertiary/aromatic N) is 2. The number of hydrogen-bond donors (Lipinski definition) is 1. The lowest BCUT2D eigenvalue weighted by atomic mass is 10.2. The second-order valence-corrected chi connectivity index (χ2v) is 3.81. The van der Waals surface area contributed by atoms with E-state index in [1.807, 2.05) is 0 Å². The third-order valence-corrected chi connectivity index (χ3v) is 2.25. The molecule has 0 fully saturated rings. The molecule has 2 aromatic heterocycles. The van der Waals surface area contributed by atoms with E-state index >= 15 is 0 Å². The number of carbonyl (C=O) groups excluding carboxylic acids is 1. The minimum atomic E-state index is -0.303. The molecule has 0 bridgehead atoms. The van der Waals surface area contributed by atoms with E-state index in [1.165, 1.54) is 16.8 Å². The molecule has 2 rings (SSSR count). The van der Waals surface area contributed by atoms with Crippen LogP contribution in [0.1, 0.15) is 10.4 Å². The van der Waals surface area contributed by atoms with Gasteiger partial charge in [0, 0.05) is 18.0 Å². The third kappa shape index (κ3) is 2.53. The molecule has 0 aliphatic heterocycles. The van der Waals surface area contributed by atoms with Gasteiger partial charge in [-0.1, -0.05) is 23.2 Å². The van der Waals surface area contributed by atoms with Crippen molar-refractivity contribution < 1.29 is 4.79 Å².